The van der Waals surface area contributed by atoms with Crippen molar-refractivity contribution in [2.45, 2.75) is 19.9 Å². The maximum atomic E-state index is 15.0. The van der Waals surface area contributed by atoms with Crippen molar-refractivity contribution in [1.29, 1.82) is 0 Å². The molecule has 2 aromatic carbocycles. The molecule has 0 amide bonds. The summed E-state index contributed by atoms with van der Waals surface area (Å²) in [4.78, 5) is 12.5. The van der Waals surface area contributed by atoms with Crippen LogP contribution in [-0.2, 0) is 23.2 Å². The molecule has 1 saturated heterocycles. The maximum Gasteiger partial charge on any atom is 0.354 e. The van der Waals surface area contributed by atoms with Crippen molar-refractivity contribution in [3.8, 4) is 5.88 Å². The number of aromatic amines is 1. The standard InChI is InChI=1S/C22H22FN5O5S/c1-3-12-4-5-18-15(8-12)19(28-7-6-24-34(28,31)32)20(22(29)30)27(18)11-13-9-14-17(10-16(13)23)25-26-21(14)33-2/h4-5,8-10,24H,3,6-7,11H2,1-2H3,(H,25,26)(H,29,30). The largest absolute Gasteiger partial charge is 0.480 e. The summed E-state index contributed by atoms with van der Waals surface area (Å²) in [6, 6.07) is 8.22. The molecule has 178 valence electrons. The number of aromatic nitrogens is 3. The van der Waals surface area contributed by atoms with E-state index in [-0.39, 0.29) is 42.5 Å². The van der Waals surface area contributed by atoms with Crippen molar-refractivity contribution in [2.24, 2.45) is 0 Å². The second-order valence-electron chi connectivity index (χ2n) is 7.99. The number of benzene rings is 2. The Kier molecular flexibility index (Phi) is 5.21. The molecule has 3 N–H and O–H groups in total. The van der Waals surface area contributed by atoms with Gasteiger partial charge in [0, 0.05) is 30.1 Å². The van der Waals surface area contributed by atoms with E-state index in [2.05, 4.69) is 14.9 Å². The highest BCUT2D eigenvalue weighted by atomic mass is 32.2. The van der Waals surface area contributed by atoms with E-state index in [1.807, 2.05) is 13.0 Å². The van der Waals surface area contributed by atoms with E-state index in [4.69, 9.17) is 4.74 Å². The molecule has 0 atom stereocenters. The number of halogens is 1. The van der Waals surface area contributed by atoms with Gasteiger partial charge in [0.05, 0.1) is 35.8 Å². The number of aromatic carboxylic acids is 1. The van der Waals surface area contributed by atoms with Crippen LogP contribution >= 0.6 is 0 Å². The van der Waals surface area contributed by atoms with E-state index in [1.165, 1.54) is 17.7 Å². The molecule has 10 nitrogen and oxygen atoms in total. The first-order chi connectivity index (χ1) is 16.2. The van der Waals surface area contributed by atoms with Gasteiger partial charge in [-0.1, -0.05) is 13.0 Å². The molecule has 2 aromatic heterocycles. The van der Waals surface area contributed by atoms with Gasteiger partial charge in [-0.2, -0.15) is 13.1 Å². The van der Waals surface area contributed by atoms with Gasteiger partial charge in [0.2, 0.25) is 5.88 Å². The molecule has 34 heavy (non-hydrogen) atoms. The Labute approximate surface area is 194 Å². The number of nitrogens with zero attached hydrogens (tertiary/aromatic N) is 3. The Balaban J connectivity index is 1.78. The van der Waals surface area contributed by atoms with E-state index in [0.717, 1.165) is 9.87 Å². The smallest absolute Gasteiger partial charge is 0.354 e. The first-order valence-corrected chi connectivity index (χ1v) is 12.1. The van der Waals surface area contributed by atoms with E-state index in [1.54, 1.807) is 18.2 Å². The maximum absolute atomic E-state index is 15.0. The second kappa shape index (κ2) is 7.99. The van der Waals surface area contributed by atoms with Gasteiger partial charge in [-0.3, -0.25) is 9.40 Å². The molecule has 0 spiro atoms. The number of carbonyl (C=O) groups is 1. The number of hydrogen-bond donors (Lipinski definition) is 3. The molecule has 5 rings (SSSR count). The Bertz CT molecular complexity index is 1560. The highest BCUT2D eigenvalue weighted by molar-refractivity contribution is 7.91. The number of methoxy groups -OCH3 is 1. The third-order valence-corrected chi connectivity index (χ3v) is 7.58. The zero-order valence-corrected chi connectivity index (χ0v) is 19.2. The topological polar surface area (TPSA) is 130 Å². The lowest BCUT2D eigenvalue weighted by molar-refractivity contribution is 0.0687. The third-order valence-electron chi connectivity index (χ3n) is 6.07. The molecule has 0 unspecified atom stereocenters. The number of nitrogens with one attached hydrogen (secondary N) is 2. The fourth-order valence-electron chi connectivity index (χ4n) is 4.45. The molecule has 0 radical (unpaired) electrons. The summed E-state index contributed by atoms with van der Waals surface area (Å²) in [5.41, 5.74) is 1.91. The first kappa shape index (κ1) is 22.2. The van der Waals surface area contributed by atoms with Crippen LogP contribution in [0, 0.1) is 5.82 Å². The molecule has 4 aromatic rings. The van der Waals surface area contributed by atoms with Crippen LogP contribution in [0.15, 0.2) is 30.3 Å². The van der Waals surface area contributed by atoms with Gasteiger partial charge < -0.3 is 14.4 Å². The highest BCUT2D eigenvalue weighted by Crippen LogP contribution is 2.38. The minimum Gasteiger partial charge on any atom is -0.480 e. The number of aryl methyl sites for hydroxylation is 1. The van der Waals surface area contributed by atoms with Gasteiger partial charge in [-0.15, -0.1) is 5.10 Å². The average Bonchev–Trinajstić information content (AvgIpc) is 3.46. The lowest BCUT2D eigenvalue weighted by atomic mass is 10.1. The summed E-state index contributed by atoms with van der Waals surface area (Å²) >= 11 is 0. The van der Waals surface area contributed by atoms with Gasteiger partial charge in [-0.05, 0) is 30.2 Å². The zero-order valence-electron chi connectivity index (χ0n) is 18.4. The SMILES string of the molecule is CCc1ccc2c(c1)c(N1CCNS1(=O)=O)c(C(=O)O)n2Cc1cc2c(OC)n[nH]c2cc1F. The van der Waals surface area contributed by atoms with Crippen LogP contribution in [0.2, 0.25) is 0 Å². The van der Waals surface area contributed by atoms with Crippen LogP contribution in [-0.4, -0.2) is 54.5 Å². The fourth-order valence-corrected chi connectivity index (χ4v) is 5.71. The van der Waals surface area contributed by atoms with Crippen LogP contribution in [0.5, 0.6) is 5.88 Å². The van der Waals surface area contributed by atoms with Crippen LogP contribution in [0.3, 0.4) is 0 Å². The molecule has 0 bridgehead atoms. The third kappa shape index (κ3) is 3.37. The Morgan fingerprint density at radius 3 is 2.71 bits per heavy atom. The predicted molar refractivity (Wildman–Crippen MR) is 124 cm³/mol. The number of hydrogen-bond acceptors (Lipinski definition) is 5. The normalized spacial score (nSPS) is 15.4. The van der Waals surface area contributed by atoms with Gasteiger partial charge in [-0.25, -0.2) is 9.18 Å². The van der Waals surface area contributed by atoms with E-state index < -0.39 is 22.0 Å². The van der Waals surface area contributed by atoms with Gasteiger partial charge in [0.25, 0.3) is 0 Å². The lowest BCUT2D eigenvalue weighted by Gasteiger charge is -2.17. The summed E-state index contributed by atoms with van der Waals surface area (Å²) in [6.45, 7) is 2.06. The molecular formula is C22H22FN5O5S. The summed E-state index contributed by atoms with van der Waals surface area (Å²) in [6.07, 6.45) is 0.680. The minimum atomic E-state index is -3.90. The van der Waals surface area contributed by atoms with Crippen molar-refractivity contribution in [1.82, 2.24) is 19.5 Å². The van der Waals surface area contributed by atoms with Gasteiger partial charge in [0.1, 0.15) is 5.82 Å². The molecule has 1 aliphatic heterocycles. The van der Waals surface area contributed by atoms with Crippen molar-refractivity contribution in [2.75, 3.05) is 24.5 Å². The summed E-state index contributed by atoms with van der Waals surface area (Å²) in [5, 5.41) is 17.9. The predicted octanol–water partition coefficient (Wildman–Crippen LogP) is 2.63. The number of fused-ring (bicyclic) bond motifs is 2. The molecule has 0 saturated carbocycles. The summed E-state index contributed by atoms with van der Waals surface area (Å²) in [7, 11) is -2.45. The van der Waals surface area contributed by atoms with Crippen molar-refractivity contribution < 1.29 is 27.4 Å². The number of anilines is 1. The molecular weight excluding hydrogens is 465 g/mol. The molecule has 12 heteroatoms. The number of H-pyrrole nitrogens is 1. The highest BCUT2D eigenvalue weighted by Gasteiger charge is 2.36. The van der Waals surface area contributed by atoms with Crippen LogP contribution in [0.1, 0.15) is 28.5 Å². The lowest BCUT2D eigenvalue weighted by Crippen LogP contribution is -2.30. The van der Waals surface area contributed by atoms with E-state index in [9.17, 15) is 18.3 Å². The van der Waals surface area contributed by atoms with E-state index >= 15 is 4.39 Å². The van der Waals surface area contributed by atoms with Crippen LogP contribution < -0.4 is 13.8 Å². The van der Waals surface area contributed by atoms with Crippen molar-refractivity contribution in [3.05, 3.63) is 53.0 Å². The Morgan fingerprint density at radius 2 is 2.06 bits per heavy atom. The summed E-state index contributed by atoms with van der Waals surface area (Å²) < 4.78 is 50.5. The Hall–Kier alpha value is -3.64. The summed E-state index contributed by atoms with van der Waals surface area (Å²) in [5.74, 6) is -1.58. The van der Waals surface area contributed by atoms with Crippen LogP contribution in [0.4, 0.5) is 10.1 Å². The van der Waals surface area contributed by atoms with E-state index in [0.29, 0.717) is 28.2 Å². The fraction of sp³-hybridized carbons (Fsp3) is 0.273. The molecule has 1 aliphatic rings. The molecule has 0 aliphatic carbocycles. The zero-order chi connectivity index (χ0) is 24.2. The average molecular weight is 488 g/mol. The molecule has 3 heterocycles. The number of carboxylic acid groups (broad SMARTS) is 1. The van der Waals surface area contributed by atoms with Gasteiger partial charge in [0.15, 0.2) is 5.69 Å². The number of ether oxygens (including phenoxy) is 1. The number of rotatable bonds is 6. The number of carboxylic acids is 1. The van der Waals surface area contributed by atoms with Crippen LogP contribution in [0.25, 0.3) is 21.8 Å². The first-order valence-electron chi connectivity index (χ1n) is 10.6. The minimum absolute atomic E-state index is 0.0742. The second-order valence-corrected chi connectivity index (χ2v) is 9.67. The quantitative estimate of drug-likeness (QED) is 0.383. The molecule has 1 fully saturated rings. The monoisotopic (exact) mass is 487 g/mol. The van der Waals surface area contributed by atoms with Gasteiger partial charge >= 0.3 is 16.2 Å². The Morgan fingerprint density at radius 1 is 1.26 bits per heavy atom. The van der Waals surface area contributed by atoms with Crippen molar-refractivity contribution in [3.63, 3.8) is 0 Å². The van der Waals surface area contributed by atoms with Crippen molar-refractivity contribution >= 4 is 43.7 Å².